The van der Waals surface area contributed by atoms with Crippen LogP contribution in [0.1, 0.15) is 17.2 Å². The van der Waals surface area contributed by atoms with Crippen molar-refractivity contribution in [3.8, 4) is 0 Å². The van der Waals surface area contributed by atoms with Crippen LogP contribution < -0.4 is 10.6 Å². The van der Waals surface area contributed by atoms with Gasteiger partial charge >= 0.3 is 6.09 Å². The monoisotopic (exact) mass is 296 g/mol. The third kappa shape index (κ3) is 2.93. The predicted molar refractivity (Wildman–Crippen MR) is 82.4 cm³/mol. The Morgan fingerprint density at radius 3 is 2.45 bits per heavy atom. The number of aryl methyl sites for hydroxylation is 1. The molecule has 2 aromatic carbocycles. The Morgan fingerprint density at radius 2 is 1.77 bits per heavy atom. The van der Waals surface area contributed by atoms with Gasteiger partial charge in [-0.25, -0.2) is 4.79 Å². The Kier molecular flexibility index (Phi) is 3.78. The summed E-state index contributed by atoms with van der Waals surface area (Å²) in [7, 11) is 0. The molecule has 3 rings (SSSR count). The molecule has 1 fully saturated rings. The summed E-state index contributed by atoms with van der Waals surface area (Å²) in [4.78, 5) is 23.9. The van der Waals surface area contributed by atoms with Gasteiger partial charge in [0.25, 0.3) is 5.91 Å². The quantitative estimate of drug-likeness (QED) is 0.915. The molecule has 0 aromatic heterocycles. The highest BCUT2D eigenvalue weighted by Crippen LogP contribution is 2.27. The number of ether oxygens (including phenoxy) is 1. The summed E-state index contributed by atoms with van der Waals surface area (Å²) >= 11 is 0. The molecule has 2 aromatic rings. The molecule has 22 heavy (non-hydrogen) atoms. The maximum Gasteiger partial charge on any atom is 0.408 e. The normalized spacial score (nSPS) is 20.1. The summed E-state index contributed by atoms with van der Waals surface area (Å²) in [6.45, 7) is 1.97. The Labute approximate surface area is 128 Å². The van der Waals surface area contributed by atoms with Crippen LogP contribution >= 0.6 is 0 Å². The number of carbonyl (C=O) groups is 2. The van der Waals surface area contributed by atoms with Crippen molar-refractivity contribution in [1.82, 2.24) is 5.32 Å². The van der Waals surface area contributed by atoms with Crippen molar-refractivity contribution in [2.75, 3.05) is 5.32 Å². The topological polar surface area (TPSA) is 67.4 Å². The summed E-state index contributed by atoms with van der Waals surface area (Å²) in [5, 5.41) is 5.36. The van der Waals surface area contributed by atoms with E-state index in [1.165, 1.54) is 0 Å². The second-order valence-corrected chi connectivity index (χ2v) is 5.21. The molecular weight excluding hydrogens is 280 g/mol. The molecule has 112 valence electrons. The molecule has 2 atom stereocenters. The number of nitrogens with one attached hydrogen (secondary N) is 2. The number of alkyl carbamates (subject to hydrolysis) is 1. The maximum absolute atomic E-state index is 12.4. The van der Waals surface area contributed by atoms with Crippen LogP contribution in [0.2, 0.25) is 0 Å². The van der Waals surface area contributed by atoms with Crippen LogP contribution in [-0.2, 0) is 9.53 Å². The molecule has 5 nitrogen and oxygen atoms in total. The van der Waals surface area contributed by atoms with Crippen molar-refractivity contribution in [3.05, 3.63) is 65.7 Å². The van der Waals surface area contributed by atoms with E-state index < -0.39 is 18.2 Å². The highest BCUT2D eigenvalue weighted by atomic mass is 16.6. The highest BCUT2D eigenvalue weighted by Gasteiger charge is 2.40. The van der Waals surface area contributed by atoms with E-state index in [9.17, 15) is 9.59 Å². The number of carbonyl (C=O) groups excluding carboxylic acids is 2. The van der Waals surface area contributed by atoms with E-state index >= 15 is 0 Å². The summed E-state index contributed by atoms with van der Waals surface area (Å²) in [5.41, 5.74) is 2.58. The Balaban J connectivity index is 1.78. The lowest BCUT2D eigenvalue weighted by atomic mass is 10.0. The van der Waals surface area contributed by atoms with Gasteiger partial charge in [0.1, 0.15) is 0 Å². The first-order chi connectivity index (χ1) is 10.6. The maximum atomic E-state index is 12.4. The van der Waals surface area contributed by atoms with Gasteiger partial charge in [-0.05, 0) is 24.6 Å². The third-order valence-corrected chi connectivity index (χ3v) is 3.54. The van der Waals surface area contributed by atoms with Crippen molar-refractivity contribution in [1.29, 1.82) is 0 Å². The molecule has 5 heteroatoms. The van der Waals surface area contributed by atoms with E-state index in [1.807, 2.05) is 61.5 Å². The minimum absolute atomic E-state index is 0.302. The van der Waals surface area contributed by atoms with Crippen LogP contribution in [0.4, 0.5) is 10.5 Å². The van der Waals surface area contributed by atoms with Crippen molar-refractivity contribution in [3.63, 3.8) is 0 Å². The zero-order chi connectivity index (χ0) is 15.5. The van der Waals surface area contributed by atoms with Gasteiger partial charge in [0.2, 0.25) is 0 Å². The largest absolute Gasteiger partial charge is 0.439 e. The average Bonchev–Trinajstić information content (AvgIpc) is 2.92. The van der Waals surface area contributed by atoms with Gasteiger partial charge in [0.15, 0.2) is 12.1 Å². The summed E-state index contributed by atoms with van der Waals surface area (Å²) in [6.07, 6.45) is -1.21. The van der Waals surface area contributed by atoms with Crippen LogP contribution in [0.5, 0.6) is 0 Å². The minimum atomic E-state index is -0.754. The molecule has 0 bridgehead atoms. The van der Waals surface area contributed by atoms with Gasteiger partial charge in [-0.1, -0.05) is 48.0 Å². The zero-order valence-corrected chi connectivity index (χ0v) is 12.1. The Morgan fingerprint density at radius 1 is 1.09 bits per heavy atom. The van der Waals surface area contributed by atoms with Crippen molar-refractivity contribution in [2.45, 2.75) is 19.1 Å². The van der Waals surface area contributed by atoms with Crippen LogP contribution in [0.3, 0.4) is 0 Å². The van der Waals surface area contributed by atoms with E-state index in [2.05, 4.69) is 10.6 Å². The summed E-state index contributed by atoms with van der Waals surface area (Å²) in [5.74, 6) is -0.302. The van der Waals surface area contributed by atoms with Gasteiger partial charge < -0.3 is 15.4 Å². The predicted octanol–water partition coefficient (Wildman–Crippen LogP) is 2.78. The second kappa shape index (κ2) is 5.89. The van der Waals surface area contributed by atoms with Gasteiger partial charge in [0.05, 0.1) is 0 Å². The number of rotatable bonds is 3. The summed E-state index contributed by atoms with van der Waals surface area (Å²) < 4.78 is 5.23. The molecule has 1 heterocycles. The van der Waals surface area contributed by atoms with Crippen molar-refractivity contribution in [2.24, 2.45) is 0 Å². The summed E-state index contributed by atoms with van der Waals surface area (Å²) in [6, 6.07) is 15.9. The lowest BCUT2D eigenvalue weighted by molar-refractivity contribution is -0.119. The fourth-order valence-corrected chi connectivity index (χ4v) is 2.38. The van der Waals surface area contributed by atoms with Gasteiger partial charge in [-0.15, -0.1) is 0 Å². The SMILES string of the molecule is Cc1ccc(NC(=O)C2NC(=O)OC2c2ccccc2)cc1. The van der Waals surface area contributed by atoms with Gasteiger partial charge in [-0.3, -0.25) is 4.79 Å². The molecule has 0 saturated carbocycles. The first-order valence-electron chi connectivity index (χ1n) is 7.03. The number of cyclic esters (lactones) is 1. The number of hydrogen-bond donors (Lipinski definition) is 2. The van der Waals surface area contributed by atoms with E-state index in [4.69, 9.17) is 4.74 Å². The highest BCUT2D eigenvalue weighted by molar-refractivity contribution is 5.98. The fraction of sp³-hybridized carbons (Fsp3) is 0.176. The minimum Gasteiger partial charge on any atom is -0.439 e. The Hall–Kier alpha value is -2.82. The first kappa shape index (κ1) is 14.1. The number of anilines is 1. The molecule has 0 aliphatic carbocycles. The van der Waals surface area contributed by atoms with Crippen LogP contribution in [0.25, 0.3) is 0 Å². The molecule has 1 saturated heterocycles. The van der Waals surface area contributed by atoms with Gasteiger partial charge in [0, 0.05) is 5.69 Å². The Bertz CT molecular complexity index is 683. The molecule has 0 radical (unpaired) electrons. The van der Waals surface area contributed by atoms with Crippen molar-refractivity contribution < 1.29 is 14.3 Å². The third-order valence-electron chi connectivity index (χ3n) is 3.54. The lowest BCUT2D eigenvalue weighted by Crippen LogP contribution is -2.40. The number of hydrogen-bond acceptors (Lipinski definition) is 3. The molecule has 2 unspecified atom stereocenters. The second-order valence-electron chi connectivity index (χ2n) is 5.21. The lowest BCUT2D eigenvalue weighted by Gasteiger charge is -2.17. The standard InChI is InChI=1S/C17H16N2O3/c1-11-7-9-13(10-8-11)18-16(20)14-15(22-17(21)19-14)12-5-3-2-4-6-12/h2-10,14-15H,1H3,(H,18,20)(H,19,21). The molecule has 1 aliphatic rings. The van der Waals surface area contributed by atoms with Crippen LogP contribution in [0, 0.1) is 6.92 Å². The van der Waals surface area contributed by atoms with E-state index in [0.717, 1.165) is 11.1 Å². The number of amides is 2. The van der Waals surface area contributed by atoms with E-state index in [1.54, 1.807) is 0 Å². The van der Waals surface area contributed by atoms with Gasteiger partial charge in [-0.2, -0.15) is 0 Å². The molecule has 1 aliphatic heterocycles. The molecular formula is C17H16N2O3. The molecule has 0 spiro atoms. The molecule has 2 amide bonds. The van der Waals surface area contributed by atoms with Crippen LogP contribution in [-0.4, -0.2) is 18.0 Å². The van der Waals surface area contributed by atoms with E-state index in [-0.39, 0.29) is 5.91 Å². The smallest absolute Gasteiger partial charge is 0.408 e. The van der Waals surface area contributed by atoms with Crippen molar-refractivity contribution >= 4 is 17.7 Å². The molecule has 2 N–H and O–H groups in total. The van der Waals surface area contributed by atoms with E-state index in [0.29, 0.717) is 5.69 Å². The number of benzene rings is 2. The average molecular weight is 296 g/mol. The van der Waals surface area contributed by atoms with Crippen LogP contribution in [0.15, 0.2) is 54.6 Å². The first-order valence-corrected chi connectivity index (χ1v) is 7.03. The zero-order valence-electron chi connectivity index (χ0n) is 12.1. The fourth-order valence-electron chi connectivity index (χ4n) is 2.38.